The van der Waals surface area contributed by atoms with Gasteiger partial charge in [0.2, 0.25) is 0 Å². The van der Waals surface area contributed by atoms with E-state index in [1.165, 1.54) is 16.2 Å². The fourth-order valence-electron chi connectivity index (χ4n) is 3.12. The fraction of sp³-hybridized carbons (Fsp3) is 0.381. The number of pyridine rings is 1. The van der Waals surface area contributed by atoms with E-state index >= 15 is 0 Å². The summed E-state index contributed by atoms with van der Waals surface area (Å²) in [6, 6.07) is 3.52. The molecule has 31 heavy (non-hydrogen) atoms. The number of carbonyl (C=O) groups is 1. The molecule has 0 saturated carbocycles. The van der Waals surface area contributed by atoms with E-state index in [4.69, 9.17) is 16.3 Å². The highest BCUT2D eigenvalue weighted by atomic mass is 35.5. The molecule has 8 nitrogen and oxygen atoms in total. The molecule has 10 heteroatoms. The normalized spacial score (nSPS) is 12.1. The Hall–Kier alpha value is -2.78. The molecule has 0 unspecified atom stereocenters. The quantitative estimate of drug-likeness (QED) is 0.378. The molecule has 0 radical (unpaired) electrons. The summed E-state index contributed by atoms with van der Waals surface area (Å²) in [5.41, 5.74) is 1.67. The lowest BCUT2D eigenvalue weighted by Gasteiger charge is -2.27. The standard InChI is InChI=1S/C21H23ClN6O2S/c1-12(2)13-9-24-28-18(8-16(22)26-19(13)28)27(20(29)30-21(3,4)5)11-17-25-14-10-23-7-6-15(14)31-17/h6-10,12H,11H2,1-5H3. The van der Waals surface area contributed by atoms with Crippen LogP contribution in [0.4, 0.5) is 10.6 Å². The minimum atomic E-state index is -0.671. The molecule has 0 saturated heterocycles. The van der Waals surface area contributed by atoms with Crippen LogP contribution in [0.1, 0.15) is 51.1 Å². The van der Waals surface area contributed by atoms with E-state index in [9.17, 15) is 4.79 Å². The van der Waals surface area contributed by atoms with Gasteiger partial charge in [0.15, 0.2) is 5.65 Å². The van der Waals surface area contributed by atoms with E-state index in [0.717, 1.165) is 20.8 Å². The van der Waals surface area contributed by atoms with E-state index in [2.05, 4.69) is 33.9 Å². The second kappa shape index (κ2) is 8.05. The van der Waals surface area contributed by atoms with Crippen molar-refractivity contribution in [3.8, 4) is 0 Å². The van der Waals surface area contributed by atoms with Crippen LogP contribution in [0.2, 0.25) is 5.15 Å². The highest BCUT2D eigenvalue weighted by molar-refractivity contribution is 7.18. The van der Waals surface area contributed by atoms with Crippen molar-refractivity contribution in [3.05, 3.63) is 46.4 Å². The predicted molar refractivity (Wildman–Crippen MR) is 122 cm³/mol. The maximum Gasteiger partial charge on any atom is 0.416 e. The second-order valence-electron chi connectivity index (χ2n) is 8.44. The lowest BCUT2D eigenvalue weighted by molar-refractivity contribution is 0.0575. The van der Waals surface area contributed by atoms with E-state index < -0.39 is 11.7 Å². The van der Waals surface area contributed by atoms with Gasteiger partial charge in [0.05, 0.1) is 29.2 Å². The first-order valence-electron chi connectivity index (χ1n) is 9.86. The minimum Gasteiger partial charge on any atom is -0.443 e. The highest BCUT2D eigenvalue weighted by Crippen LogP contribution is 2.29. The van der Waals surface area contributed by atoms with Gasteiger partial charge in [-0.2, -0.15) is 9.61 Å². The number of ether oxygens (including phenoxy) is 1. The number of halogens is 1. The number of fused-ring (bicyclic) bond motifs is 2. The zero-order valence-electron chi connectivity index (χ0n) is 18.0. The summed E-state index contributed by atoms with van der Waals surface area (Å²) in [4.78, 5) is 27.9. The molecule has 4 aromatic heterocycles. The third-order valence-corrected chi connectivity index (χ3v) is 5.70. The highest BCUT2D eigenvalue weighted by Gasteiger charge is 2.28. The maximum atomic E-state index is 13.2. The Morgan fingerprint density at radius 3 is 2.74 bits per heavy atom. The van der Waals surface area contributed by atoms with Crippen LogP contribution in [-0.2, 0) is 11.3 Å². The van der Waals surface area contributed by atoms with Gasteiger partial charge < -0.3 is 4.74 Å². The van der Waals surface area contributed by atoms with Crippen LogP contribution < -0.4 is 4.90 Å². The average Bonchev–Trinajstić information content (AvgIpc) is 3.27. The molecular weight excluding hydrogens is 436 g/mol. The maximum absolute atomic E-state index is 13.2. The summed E-state index contributed by atoms with van der Waals surface area (Å²) >= 11 is 7.85. The molecule has 0 aliphatic carbocycles. The van der Waals surface area contributed by atoms with Crippen LogP contribution in [0.3, 0.4) is 0 Å². The molecular formula is C21H23ClN6O2S. The van der Waals surface area contributed by atoms with Gasteiger partial charge in [0, 0.05) is 17.8 Å². The number of hydrogen-bond acceptors (Lipinski definition) is 7. The first kappa shape index (κ1) is 21.5. The van der Waals surface area contributed by atoms with Gasteiger partial charge in [-0.3, -0.25) is 9.88 Å². The smallest absolute Gasteiger partial charge is 0.416 e. The van der Waals surface area contributed by atoms with Crippen molar-refractivity contribution >= 4 is 50.7 Å². The molecule has 0 bridgehead atoms. The number of nitrogens with zero attached hydrogens (tertiary/aromatic N) is 6. The molecule has 0 spiro atoms. The van der Waals surface area contributed by atoms with Crippen molar-refractivity contribution in [2.24, 2.45) is 0 Å². The SMILES string of the molecule is CC(C)c1cnn2c(N(Cc3nc4cnccc4s3)C(=O)OC(C)(C)C)cc(Cl)nc12. The van der Waals surface area contributed by atoms with E-state index in [1.54, 1.807) is 29.2 Å². The lowest BCUT2D eigenvalue weighted by Crippen LogP contribution is -2.37. The molecule has 4 rings (SSSR count). The Morgan fingerprint density at radius 2 is 2.06 bits per heavy atom. The number of aromatic nitrogens is 5. The first-order valence-corrected chi connectivity index (χ1v) is 11.1. The van der Waals surface area contributed by atoms with E-state index in [-0.39, 0.29) is 17.6 Å². The number of hydrogen-bond donors (Lipinski definition) is 0. The molecule has 162 valence electrons. The summed E-state index contributed by atoms with van der Waals surface area (Å²) in [6.07, 6.45) is 4.66. The number of anilines is 1. The Bertz CT molecular complexity index is 1230. The molecule has 0 aromatic carbocycles. The molecule has 1 amide bonds. The molecule has 0 N–H and O–H groups in total. The second-order valence-corrected chi connectivity index (χ2v) is 9.95. The topological polar surface area (TPSA) is 85.5 Å². The monoisotopic (exact) mass is 458 g/mol. The molecule has 0 aliphatic rings. The van der Waals surface area contributed by atoms with Crippen molar-refractivity contribution in [2.75, 3.05) is 4.90 Å². The molecule has 4 aromatic rings. The Kier molecular flexibility index (Phi) is 5.57. The zero-order valence-corrected chi connectivity index (χ0v) is 19.5. The van der Waals surface area contributed by atoms with Gasteiger partial charge in [-0.1, -0.05) is 25.4 Å². The van der Waals surface area contributed by atoms with Gasteiger partial charge in [0.1, 0.15) is 21.6 Å². The first-order chi connectivity index (χ1) is 14.6. The van der Waals surface area contributed by atoms with Crippen LogP contribution in [0.15, 0.2) is 30.7 Å². The van der Waals surface area contributed by atoms with Crippen molar-refractivity contribution < 1.29 is 9.53 Å². The fourth-order valence-corrected chi connectivity index (χ4v) is 4.22. The average molecular weight is 459 g/mol. The van der Waals surface area contributed by atoms with E-state index in [1.807, 2.05) is 26.8 Å². The summed E-state index contributed by atoms with van der Waals surface area (Å²) in [5.74, 6) is 0.664. The Morgan fingerprint density at radius 1 is 1.29 bits per heavy atom. The van der Waals surface area contributed by atoms with Gasteiger partial charge in [-0.15, -0.1) is 11.3 Å². The number of thiazole rings is 1. The molecule has 4 heterocycles. The third kappa shape index (κ3) is 4.47. The number of carbonyl (C=O) groups excluding carboxylic acids is 1. The summed E-state index contributed by atoms with van der Waals surface area (Å²) < 4.78 is 8.31. The third-order valence-electron chi connectivity index (χ3n) is 4.49. The van der Waals surface area contributed by atoms with Crippen LogP contribution in [0, 0.1) is 0 Å². The summed E-state index contributed by atoms with van der Waals surface area (Å²) in [6.45, 7) is 9.78. The van der Waals surface area contributed by atoms with Crippen LogP contribution in [0.5, 0.6) is 0 Å². The van der Waals surface area contributed by atoms with Crippen LogP contribution >= 0.6 is 22.9 Å². The van der Waals surface area contributed by atoms with Gasteiger partial charge in [0.25, 0.3) is 0 Å². The van der Waals surface area contributed by atoms with Crippen molar-refractivity contribution in [2.45, 2.75) is 52.7 Å². The largest absolute Gasteiger partial charge is 0.443 e. The molecule has 0 fully saturated rings. The summed E-state index contributed by atoms with van der Waals surface area (Å²) in [7, 11) is 0. The lowest BCUT2D eigenvalue weighted by atomic mass is 10.1. The van der Waals surface area contributed by atoms with Crippen LogP contribution in [-0.4, -0.2) is 36.3 Å². The molecule has 0 aliphatic heterocycles. The Labute approximate surface area is 188 Å². The number of amides is 1. The number of rotatable bonds is 4. The van der Waals surface area contributed by atoms with Gasteiger partial charge in [-0.05, 0) is 32.8 Å². The predicted octanol–water partition coefficient (Wildman–Crippen LogP) is 5.45. The molecule has 0 atom stereocenters. The van der Waals surface area contributed by atoms with Crippen molar-refractivity contribution in [1.82, 2.24) is 24.6 Å². The van der Waals surface area contributed by atoms with Gasteiger partial charge >= 0.3 is 6.09 Å². The van der Waals surface area contributed by atoms with E-state index in [0.29, 0.717) is 11.5 Å². The minimum absolute atomic E-state index is 0.195. The summed E-state index contributed by atoms with van der Waals surface area (Å²) in [5, 5.41) is 5.50. The van der Waals surface area contributed by atoms with Crippen molar-refractivity contribution in [1.29, 1.82) is 0 Å². The van der Waals surface area contributed by atoms with Crippen molar-refractivity contribution in [3.63, 3.8) is 0 Å². The Balaban J connectivity index is 1.83. The van der Waals surface area contributed by atoms with Gasteiger partial charge in [-0.25, -0.2) is 14.8 Å². The van der Waals surface area contributed by atoms with Crippen LogP contribution in [0.25, 0.3) is 15.9 Å². The zero-order chi connectivity index (χ0) is 22.3.